The number of nitrogens with one attached hydrogen (secondary N) is 1. The Labute approximate surface area is 159 Å². The molecule has 0 radical (unpaired) electrons. The van der Waals surface area contributed by atoms with Crippen LogP contribution in [0.15, 0.2) is 4.99 Å². The molecule has 23 heavy (non-hydrogen) atoms. The number of guanidine groups is 1. The van der Waals surface area contributed by atoms with E-state index >= 15 is 0 Å². The minimum absolute atomic E-state index is 0. The monoisotopic (exact) mass is 437 g/mol. The minimum Gasteiger partial charge on any atom is -0.385 e. The van der Waals surface area contributed by atoms with Gasteiger partial charge in [-0.1, -0.05) is 20.3 Å². The molecule has 0 spiro atoms. The summed E-state index contributed by atoms with van der Waals surface area (Å²) in [6.07, 6.45) is 5.08. The van der Waals surface area contributed by atoms with Crippen molar-refractivity contribution in [2.75, 3.05) is 33.4 Å². The van der Waals surface area contributed by atoms with E-state index in [0.29, 0.717) is 10.8 Å². The van der Waals surface area contributed by atoms with Gasteiger partial charge in [0.05, 0.1) is 0 Å². The number of nitrogens with zero attached hydrogens (tertiary/aromatic N) is 2. The maximum atomic E-state index is 5.29. The summed E-state index contributed by atoms with van der Waals surface area (Å²) in [6, 6.07) is 0. The van der Waals surface area contributed by atoms with Gasteiger partial charge in [0.2, 0.25) is 0 Å². The van der Waals surface area contributed by atoms with Gasteiger partial charge in [0.15, 0.2) is 5.96 Å². The first-order valence-corrected chi connectivity index (χ1v) is 8.83. The van der Waals surface area contributed by atoms with E-state index in [1.54, 1.807) is 7.11 Å². The Kier molecular flexibility index (Phi) is 7.21. The average Bonchev–Trinajstić information content (AvgIpc) is 2.42. The van der Waals surface area contributed by atoms with E-state index in [2.05, 4.69) is 44.8 Å². The summed E-state index contributed by atoms with van der Waals surface area (Å²) >= 11 is 0. The lowest BCUT2D eigenvalue weighted by molar-refractivity contribution is -0.0670. The molecular formula is C18H36IN3O. The Morgan fingerprint density at radius 3 is 2.26 bits per heavy atom. The highest BCUT2D eigenvalue weighted by atomic mass is 127. The quantitative estimate of drug-likeness (QED) is 0.389. The zero-order valence-corrected chi connectivity index (χ0v) is 18.2. The highest BCUT2D eigenvalue weighted by Gasteiger charge is 2.53. The molecule has 1 aliphatic carbocycles. The van der Waals surface area contributed by atoms with E-state index < -0.39 is 0 Å². The average molecular weight is 437 g/mol. The fourth-order valence-electron chi connectivity index (χ4n) is 3.52. The van der Waals surface area contributed by atoms with Crippen molar-refractivity contribution >= 4 is 29.9 Å². The normalized spacial score (nSPS) is 24.3. The molecule has 0 aromatic heterocycles. The van der Waals surface area contributed by atoms with Gasteiger partial charge in [0, 0.05) is 44.3 Å². The lowest BCUT2D eigenvalue weighted by atomic mass is 9.65. The second-order valence-electron chi connectivity index (χ2n) is 8.30. The predicted molar refractivity (Wildman–Crippen MR) is 109 cm³/mol. The molecule has 5 heteroatoms. The van der Waals surface area contributed by atoms with Crippen LogP contribution in [0.1, 0.15) is 60.3 Å². The van der Waals surface area contributed by atoms with Crippen molar-refractivity contribution in [3.05, 3.63) is 0 Å². The highest BCUT2D eigenvalue weighted by molar-refractivity contribution is 14.0. The number of hydrogen-bond acceptors (Lipinski definition) is 2. The van der Waals surface area contributed by atoms with Crippen LogP contribution in [-0.2, 0) is 4.74 Å². The van der Waals surface area contributed by atoms with E-state index in [1.165, 1.54) is 19.3 Å². The Morgan fingerprint density at radius 1 is 1.22 bits per heavy atom. The number of hydrogen-bond donors (Lipinski definition) is 1. The zero-order valence-electron chi connectivity index (χ0n) is 15.9. The van der Waals surface area contributed by atoms with Gasteiger partial charge < -0.3 is 15.0 Å². The largest absolute Gasteiger partial charge is 0.385 e. The topological polar surface area (TPSA) is 36.9 Å². The molecule has 0 amide bonds. The van der Waals surface area contributed by atoms with Crippen molar-refractivity contribution in [2.24, 2.45) is 15.8 Å². The molecule has 1 aliphatic heterocycles. The number of halogens is 1. The van der Waals surface area contributed by atoms with Crippen molar-refractivity contribution in [3.63, 3.8) is 0 Å². The zero-order chi connectivity index (χ0) is 16.4. The van der Waals surface area contributed by atoms with Crippen LogP contribution >= 0.6 is 24.0 Å². The van der Waals surface area contributed by atoms with Crippen molar-refractivity contribution in [2.45, 2.75) is 65.8 Å². The van der Waals surface area contributed by atoms with Crippen LogP contribution in [0.5, 0.6) is 0 Å². The number of ether oxygens (including phenoxy) is 1. The summed E-state index contributed by atoms with van der Waals surface area (Å²) < 4.78 is 5.29. The number of aliphatic imine (C=N–C) groups is 1. The maximum absolute atomic E-state index is 5.29. The third kappa shape index (κ3) is 4.14. The molecule has 136 valence electrons. The molecule has 1 heterocycles. The maximum Gasteiger partial charge on any atom is 0.194 e. The number of rotatable bonds is 6. The first-order chi connectivity index (χ1) is 10.3. The summed E-state index contributed by atoms with van der Waals surface area (Å²) in [4.78, 5) is 7.46. The summed E-state index contributed by atoms with van der Waals surface area (Å²) in [5.74, 6) is 1.09. The fourth-order valence-corrected chi connectivity index (χ4v) is 3.52. The van der Waals surface area contributed by atoms with Crippen LogP contribution in [0.2, 0.25) is 0 Å². The van der Waals surface area contributed by atoms with Gasteiger partial charge >= 0.3 is 0 Å². The minimum atomic E-state index is 0. The van der Waals surface area contributed by atoms with Crippen LogP contribution in [0.3, 0.4) is 0 Å². The van der Waals surface area contributed by atoms with Crippen molar-refractivity contribution in [1.82, 2.24) is 10.2 Å². The molecule has 0 aromatic carbocycles. The first-order valence-electron chi connectivity index (χ1n) is 8.83. The van der Waals surface area contributed by atoms with Gasteiger partial charge in [-0.2, -0.15) is 0 Å². The van der Waals surface area contributed by atoms with Crippen LogP contribution < -0.4 is 5.32 Å². The summed E-state index contributed by atoms with van der Waals surface area (Å²) in [7, 11) is 1.80. The molecule has 1 saturated heterocycles. The van der Waals surface area contributed by atoms with E-state index in [1.807, 2.05) is 0 Å². The van der Waals surface area contributed by atoms with Gasteiger partial charge in [-0.25, -0.2) is 0 Å². The number of likely N-dealkylation sites (tertiary alicyclic amines) is 1. The molecule has 0 aromatic rings. The molecule has 2 fully saturated rings. The third-order valence-corrected chi connectivity index (χ3v) is 6.29. The Balaban J connectivity index is 0.00000264. The number of methoxy groups -OCH3 is 1. The molecule has 1 N–H and O–H groups in total. The van der Waals surface area contributed by atoms with E-state index in [9.17, 15) is 0 Å². The van der Waals surface area contributed by atoms with E-state index in [4.69, 9.17) is 9.73 Å². The van der Waals surface area contributed by atoms with Crippen molar-refractivity contribution < 1.29 is 4.74 Å². The Morgan fingerprint density at radius 2 is 1.87 bits per heavy atom. The standard InChI is InChI=1S/C18H35N3O.HI/c1-7-19-15(21-14-16(2,3)17(21,4)5)20-13-18(9-8-10-18)11-12-22-6;/h7-14H2,1-6H3,(H,19,20);1H. The predicted octanol–water partition coefficient (Wildman–Crippen LogP) is 3.90. The second-order valence-corrected chi connectivity index (χ2v) is 8.30. The SMILES string of the molecule is CCNC(=NCC1(CCOC)CCC1)N1CC(C)(C)C1(C)C.I. The van der Waals surface area contributed by atoms with Crippen LogP contribution in [0.4, 0.5) is 0 Å². The third-order valence-electron chi connectivity index (χ3n) is 6.29. The molecule has 0 atom stereocenters. The molecule has 4 nitrogen and oxygen atoms in total. The summed E-state index contributed by atoms with van der Waals surface area (Å²) in [6.45, 7) is 15.3. The van der Waals surface area contributed by atoms with Crippen molar-refractivity contribution in [3.8, 4) is 0 Å². The van der Waals surface area contributed by atoms with Crippen LogP contribution in [0, 0.1) is 10.8 Å². The summed E-state index contributed by atoms with van der Waals surface area (Å²) in [5.41, 5.74) is 0.891. The molecule has 2 aliphatic rings. The van der Waals surface area contributed by atoms with Crippen LogP contribution in [-0.4, -0.2) is 49.7 Å². The van der Waals surface area contributed by atoms with Gasteiger partial charge in [0.1, 0.15) is 0 Å². The first kappa shape index (κ1) is 21.0. The second kappa shape index (κ2) is 7.89. The molecular weight excluding hydrogens is 401 g/mol. The Bertz CT molecular complexity index is 416. The molecule has 1 saturated carbocycles. The molecule has 0 bridgehead atoms. The summed E-state index contributed by atoms with van der Waals surface area (Å²) in [5, 5.41) is 3.50. The van der Waals surface area contributed by atoms with E-state index in [0.717, 1.165) is 38.6 Å². The van der Waals surface area contributed by atoms with Gasteiger partial charge in [-0.15, -0.1) is 24.0 Å². The van der Waals surface area contributed by atoms with Crippen LogP contribution in [0.25, 0.3) is 0 Å². The Hall–Kier alpha value is -0.0400. The van der Waals surface area contributed by atoms with Gasteiger partial charge in [-0.05, 0) is 45.4 Å². The van der Waals surface area contributed by atoms with Gasteiger partial charge in [-0.3, -0.25) is 4.99 Å². The lowest BCUT2D eigenvalue weighted by Gasteiger charge is -2.62. The smallest absolute Gasteiger partial charge is 0.194 e. The fraction of sp³-hybridized carbons (Fsp3) is 0.944. The molecule has 2 rings (SSSR count). The van der Waals surface area contributed by atoms with Gasteiger partial charge in [0.25, 0.3) is 0 Å². The lowest BCUT2D eigenvalue weighted by Crippen LogP contribution is -2.72. The highest BCUT2D eigenvalue weighted by Crippen LogP contribution is 2.47. The molecule has 0 unspecified atom stereocenters. The van der Waals surface area contributed by atoms with Crippen molar-refractivity contribution in [1.29, 1.82) is 0 Å². The van der Waals surface area contributed by atoms with E-state index in [-0.39, 0.29) is 29.5 Å².